The Hall–Kier alpha value is -3.28. The lowest BCUT2D eigenvalue weighted by Crippen LogP contribution is -2.42. The van der Waals surface area contributed by atoms with Crippen LogP contribution in [0.2, 0.25) is 0 Å². The van der Waals surface area contributed by atoms with Crippen molar-refractivity contribution in [2.75, 3.05) is 26.8 Å². The number of carbonyl (C=O) groups is 2. The molecule has 0 radical (unpaired) electrons. The van der Waals surface area contributed by atoms with Gasteiger partial charge in [-0.3, -0.25) is 9.59 Å². The minimum absolute atomic E-state index is 0.00909. The van der Waals surface area contributed by atoms with Gasteiger partial charge in [0, 0.05) is 31.6 Å². The highest BCUT2D eigenvalue weighted by molar-refractivity contribution is 5.92. The molecule has 6 heteroatoms. The molecule has 2 aromatic rings. The van der Waals surface area contributed by atoms with Crippen molar-refractivity contribution in [2.45, 2.75) is 32.7 Å². The van der Waals surface area contributed by atoms with E-state index < -0.39 is 0 Å². The summed E-state index contributed by atoms with van der Waals surface area (Å²) in [6.45, 7) is 4.30. The molecule has 0 atom stereocenters. The molecular formula is C26H32N2O4. The Labute approximate surface area is 190 Å². The molecule has 2 amide bonds. The molecular weight excluding hydrogens is 404 g/mol. The van der Waals surface area contributed by atoms with Gasteiger partial charge < -0.3 is 19.7 Å². The molecule has 1 N–H and O–H groups in total. The third-order valence-electron chi connectivity index (χ3n) is 5.55. The van der Waals surface area contributed by atoms with Gasteiger partial charge in [-0.2, -0.15) is 0 Å². The fraction of sp³-hybridized carbons (Fsp3) is 0.385. The maximum absolute atomic E-state index is 12.6. The molecule has 1 aliphatic heterocycles. The van der Waals surface area contributed by atoms with Crippen molar-refractivity contribution in [1.82, 2.24) is 10.2 Å². The Morgan fingerprint density at radius 1 is 1.09 bits per heavy atom. The largest absolute Gasteiger partial charge is 0.493 e. The van der Waals surface area contributed by atoms with Crippen LogP contribution in [0, 0.1) is 5.92 Å². The highest BCUT2D eigenvalue weighted by Crippen LogP contribution is 2.28. The van der Waals surface area contributed by atoms with Crippen LogP contribution in [0.5, 0.6) is 11.5 Å². The maximum atomic E-state index is 12.6. The van der Waals surface area contributed by atoms with E-state index in [9.17, 15) is 9.59 Å². The number of nitrogens with zero attached hydrogens (tertiary/aromatic N) is 1. The van der Waals surface area contributed by atoms with Crippen LogP contribution < -0.4 is 14.8 Å². The number of likely N-dealkylation sites (tertiary alicyclic amines) is 1. The molecule has 0 bridgehead atoms. The predicted octanol–water partition coefficient (Wildman–Crippen LogP) is 4.05. The van der Waals surface area contributed by atoms with E-state index in [0.29, 0.717) is 50.6 Å². The van der Waals surface area contributed by atoms with E-state index in [4.69, 9.17) is 9.47 Å². The molecule has 0 unspecified atom stereocenters. The average molecular weight is 437 g/mol. The lowest BCUT2D eigenvalue weighted by molar-refractivity contribution is -0.132. The molecule has 32 heavy (non-hydrogen) atoms. The highest BCUT2D eigenvalue weighted by Gasteiger charge is 2.26. The first-order chi connectivity index (χ1) is 15.6. The number of benzene rings is 2. The molecule has 1 saturated heterocycles. The second-order valence-electron chi connectivity index (χ2n) is 7.90. The van der Waals surface area contributed by atoms with Crippen molar-refractivity contribution in [1.29, 1.82) is 0 Å². The van der Waals surface area contributed by atoms with Crippen LogP contribution in [0.25, 0.3) is 6.08 Å². The van der Waals surface area contributed by atoms with Crippen LogP contribution in [-0.4, -0.2) is 43.5 Å². The lowest BCUT2D eigenvalue weighted by Gasteiger charge is -2.30. The predicted molar refractivity (Wildman–Crippen MR) is 125 cm³/mol. The van der Waals surface area contributed by atoms with Crippen LogP contribution in [0.1, 0.15) is 37.3 Å². The van der Waals surface area contributed by atoms with E-state index >= 15 is 0 Å². The van der Waals surface area contributed by atoms with E-state index in [1.54, 1.807) is 13.2 Å². The molecule has 0 aliphatic carbocycles. The van der Waals surface area contributed by atoms with E-state index in [1.807, 2.05) is 59.5 Å². The SMILES string of the molecule is CCCOc1ccc(CNC(=O)C2CCN(C(=O)/C=C/c3ccccc3)CC2)cc1OC. The highest BCUT2D eigenvalue weighted by atomic mass is 16.5. The van der Waals surface area contributed by atoms with Crippen molar-refractivity contribution in [3.8, 4) is 11.5 Å². The number of hydrogen-bond acceptors (Lipinski definition) is 4. The number of carbonyl (C=O) groups excluding carboxylic acids is 2. The van der Waals surface area contributed by atoms with Gasteiger partial charge in [-0.05, 0) is 48.6 Å². The molecule has 0 aromatic heterocycles. The Balaban J connectivity index is 1.45. The van der Waals surface area contributed by atoms with Crippen LogP contribution in [0.15, 0.2) is 54.6 Å². The van der Waals surface area contributed by atoms with Crippen molar-refractivity contribution < 1.29 is 19.1 Å². The number of nitrogens with one attached hydrogen (secondary N) is 1. The van der Waals surface area contributed by atoms with Crippen molar-refractivity contribution in [2.24, 2.45) is 5.92 Å². The molecule has 1 aliphatic rings. The summed E-state index contributed by atoms with van der Waals surface area (Å²) in [5.41, 5.74) is 1.95. The maximum Gasteiger partial charge on any atom is 0.246 e. The summed E-state index contributed by atoms with van der Waals surface area (Å²) in [6.07, 6.45) is 5.70. The minimum atomic E-state index is -0.0776. The number of hydrogen-bond donors (Lipinski definition) is 1. The van der Waals surface area contributed by atoms with Gasteiger partial charge in [-0.25, -0.2) is 0 Å². The second-order valence-corrected chi connectivity index (χ2v) is 7.90. The van der Waals surface area contributed by atoms with Gasteiger partial charge in [0.15, 0.2) is 11.5 Å². The van der Waals surface area contributed by atoms with Gasteiger partial charge in [0.25, 0.3) is 0 Å². The fourth-order valence-corrected chi connectivity index (χ4v) is 3.69. The van der Waals surface area contributed by atoms with Gasteiger partial charge in [-0.1, -0.05) is 43.3 Å². The summed E-state index contributed by atoms with van der Waals surface area (Å²) < 4.78 is 11.1. The minimum Gasteiger partial charge on any atom is -0.493 e. The summed E-state index contributed by atoms with van der Waals surface area (Å²) in [4.78, 5) is 26.9. The number of piperidine rings is 1. The van der Waals surface area contributed by atoms with Gasteiger partial charge in [0.05, 0.1) is 13.7 Å². The fourth-order valence-electron chi connectivity index (χ4n) is 3.69. The number of amides is 2. The standard InChI is InChI=1S/C26H32N2O4/c1-3-17-32-23-11-9-21(18-24(23)31-2)19-27-26(30)22-13-15-28(16-14-22)25(29)12-10-20-7-5-4-6-8-20/h4-12,18,22H,3,13-17,19H2,1-2H3,(H,27,30)/b12-10+. The summed E-state index contributed by atoms with van der Waals surface area (Å²) in [5.74, 6) is 1.32. The van der Waals surface area contributed by atoms with Crippen LogP contribution in [0.3, 0.4) is 0 Å². The summed E-state index contributed by atoms with van der Waals surface area (Å²) in [6, 6.07) is 15.5. The molecule has 0 spiro atoms. The van der Waals surface area contributed by atoms with E-state index in [0.717, 1.165) is 17.5 Å². The molecule has 6 nitrogen and oxygen atoms in total. The molecule has 170 valence electrons. The number of rotatable bonds is 9. The van der Waals surface area contributed by atoms with Crippen molar-refractivity contribution >= 4 is 17.9 Å². The van der Waals surface area contributed by atoms with Crippen molar-refractivity contribution in [3.05, 3.63) is 65.7 Å². The Bertz CT molecular complexity index is 919. The zero-order chi connectivity index (χ0) is 22.8. The Morgan fingerprint density at radius 2 is 1.84 bits per heavy atom. The third kappa shape index (κ3) is 6.61. The summed E-state index contributed by atoms with van der Waals surface area (Å²) in [7, 11) is 1.61. The summed E-state index contributed by atoms with van der Waals surface area (Å²) >= 11 is 0. The second kappa shape index (κ2) is 11.9. The normalized spacial score (nSPS) is 14.4. The van der Waals surface area contributed by atoms with E-state index in [1.165, 1.54) is 0 Å². The van der Waals surface area contributed by atoms with Gasteiger partial charge in [0.1, 0.15) is 0 Å². The zero-order valence-electron chi connectivity index (χ0n) is 18.9. The first-order valence-corrected chi connectivity index (χ1v) is 11.2. The van der Waals surface area contributed by atoms with Gasteiger partial charge in [0.2, 0.25) is 11.8 Å². The van der Waals surface area contributed by atoms with Gasteiger partial charge in [-0.15, -0.1) is 0 Å². The number of ether oxygens (including phenoxy) is 2. The van der Waals surface area contributed by atoms with Crippen LogP contribution in [0.4, 0.5) is 0 Å². The van der Waals surface area contributed by atoms with E-state index in [2.05, 4.69) is 12.2 Å². The van der Waals surface area contributed by atoms with E-state index in [-0.39, 0.29) is 17.7 Å². The van der Waals surface area contributed by atoms with Crippen LogP contribution >= 0.6 is 0 Å². The topological polar surface area (TPSA) is 67.9 Å². The quantitative estimate of drug-likeness (QED) is 0.602. The third-order valence-corrected chi connectivity index (χ3v) is 5.55. The average Bonchev–Trinajstić information content (AvgIpc) is 2.85. The molecule has 1 heterocycles. The Morgan fingerprint density at radius 3 is 2.53 bits per heavy atom. The first-order valence-electron chi connectivity index (χ1n) is 11.2. The first kappa shape index (κ1) is 23.4. The summed E-state index contributed by atoms with van der Waals surface area (Å²) in [5, 5.41) is 3.02. The number of methoxy groups -OCH3 is 1. The van der Waals surface area contributed by atoms with Crippen molar-refractivity contribution in [3.63, 3.8) is 0 Å². The molecule has 3 rings (SSSR count). The van der Waals surface area contributed by atoms with Gasteiger partial charge >= 0.3 is 0 Å². The monoisotopic (exact) mass is 436 g/mol. The molecule has 1 fully saturated rings. The Kier molecular flexibility index (Phi) is 8.72. The lowest BCUT2D eigenvalue weighted by atomic mass is 9.95. The molecule has 0 saturated carbocycles. The van der Waals surface area contributed by atoms with Crippen LogP contribution in [-0.2, 0) is 16.1 Å². The molecule has 2 aromatic carbocycles. The smallest absolute Gasteiger partial charge is 0.246 e. The zero-order valence-corrected chi connectivity index (χ0v) is 18.9.